The topological polar surface area (TPSA) is 98.7 Å². The normalized spacial score (nSPS) is 14.2. The van der Waals surface area contributed by atoms with Crippen molar-refractivity contribution < 1.29 is 27.1 Å². The van der Waals surface area contributed by atoms with E-state index in [0.29, 0.717) is 39.4 Å². The molecule has 4 rings (SSSR count). The van der Waals surface area contributed by atoms with Gasteiger partial charge in [0.05, 0.1) is 36.4 Å². The maximum absolute atomic E-state index is 13.6. The Morgan fingerprint density at radius 3 is 2.49 bits per heavy atom. The number of fused-ring (bicyclic) bond motifs is 1. The Bertz CT molecular complexity index is 1490. The van der Waals surface area contributed by atoms with Crippen LogP contribution in [0.4, 0.5) is 10.3 Å². The van der Waals surface area contributed by atoms with Crippen LogP contribution in [0, 0.1) is 5.82 Å². The molecule has 37 heavy (non-hydrogen) atoms. The Morgan fingerprint density at radius 2 is 1.84 bits per heavy atom. The minimum absolute atomic E-state index is 0.0111. The molecule has 8 nitrogen and oxygen atoms in total. The Labute approximate surface area is 223 Å². The molecule has 0 amide bonds. The molecule has 2 heterocycles. The largest absolute Gasteiger partial charge is 0.423 e. The van der Waals surface area contributed by atoms with E-state index in [1.807, 2.05) is 19.9 Å². The molecular formula is C26H25BrFN3O5S. The van der Waals surface area contributed by atoms with Crippen molar-refractivity contribution in [2.45, 2.75) is 26.4 Å². The molecule has 0 saturated heterocycles. The van der Waals surface area contributed by atoms with Gasteiger partial charge in [-0.05, 0) is 54.5 Å². The quantitative estimate of drug-likeness (QED) is 0.260. The van der Waals surface area contributed by atoms with E-state index < -0.39 is 21.8 Å². The molecule has 0 aliphatic carbocycles. The fraction of sp³-hybridized carbons (Fsp3) is 0.269. The summed E-state index contributed by atoms with van der Waals surface area (Å²) in [5.41, 5.74) is 3.45. The van der Waals surface area contributed by atoms with Crippen LogP contribution < -0.4 is 4.31 Å². The molecule has 194 valence electrons. The fourth-order valence-electron chi connectivity index (χ4n) is 3.80. The van der Waals surface area contributed by atoms with Gasteiger partial charge in [-0.15, -0.1) is 0 Å². The number of anilines is 1. The summed E-state index contributed by atoms with van der Waals surface area (Å²) < 4.78 is 51.1. The van der Waals surface area contributed by atoms with Crippen LogP contribution in [0.1, 0.15) is 46.9 Å². The van der Waals surface area contributed by atoms with Gasteiger partial charge in [0.15, 0.2) is 0 Å². The second kappa shape index (κ2) is 10.7. The fourth-order valence-corrected chi connectivity index (χ4v) is 4.54. The van der Waals surface area contributed by atoms with E-state index in [1.165, 1.54) is 19.2 Å². The number of halogens is 2. The highest BCUT2D eigenvalue weighted by molar-refractivity contribution is 9.10. The van der Waals surface area contributed by atoms with E-state index >= 15 is 0 Å². The van der Waals surface area contributed by atoms with Gasteiger partial charge in [-0.1, -0.05) is 29.8 Å². The predicted octanol–water partition coefficient (Wildman–Crippen LogP) is 5.29. The monoisotopic (exact) mass is 589 g/mol. The summed E-state index contributed by atoms with van der Waals surface area (Å²) >= 11 is 3.35. The van der Waals surface area contributed by atoms with Gasteiger partial charge in [0.1, 0.15) is 11.6 Å². The van der Waals surface area contributed by atoms with E-state index in [9.17, 15) is 17.6 Å². The van der Waals surface area contributed by atoms with E-state index in [-0.39, 0.29) is 25.1 Å². The number of carbonyl (C=O) groups is 1. The smallest absolute Gasteiger partial charge is 0.344 e. The molecule has 0 saturated carbocycles. The first-order valence-electron chi connectivity index (χ1n) is 11.4. The molecule has 11 heteroatoms. The maximum atomic E-state index is 13.6. The number of sulfonamides is 1. The number of hydrogen-bond acceptors (Lipinski definition) is 7. The highest BCUT2D eigenvalue weighted by Gasteiger charge is 2.27. The summed E-state index contributed by atoms with van der Waals surface area (Å²) in [7, 11) is -2.23. The number of esters is 1. The second-order valence-electron chi connectivity index (χ2n) is 8.79. The van der Waals surface area contributed by atoms with Crippen molar-refractivity contribution in [3.05, 3.63) is 81.2 Å². The van der Waals surface area contributed by atoms with Crippen molar-refractivity contribution in [2.75, 3.05) is 24.2 Å². The van der Waals surface area contributed by atoms with Crippen molar-refractivity contribution in [3.8, 4) is 11.3 Å². The number of benzene rings is 2. The average Bonchev–Trinajstić information content (AvgIpc) is 3.15. The molecule has 0 atom stereocenters. The minimum Gasteiger partial charge on any atom is -0.423 e. The number of rotatable bonds is 8. The first-order valence-corrected chi connectivity index (χ1v) is 14.0. The summed E-state index contributed by atoms with van der Waals surface area (Å²) in [6, 6.07) is 11.1. The molecular weight excluding hydrogens is 565 g/mol. The van der Waals surface area contributed by atoms with E-state index in [0.717, 1.165) is 15.0 Å². The van der Waals surface area contributed by atoms with Gasteiger partial charge >= 0.3 is 5.97 Å². The third-order valence-corrected chi connectivity index (χ3v) is 7.43. The van der Waals surface area contributed by atoms with Gasteiger partial charge in [-0.3, -0.25) is 0 Å². The van der Waals surface area contributed by atoms with E-state index in [1.54, 1.807) is 30.3 Å². The van der Waals surface area contributed by atoms with Crippen LogP contribution in [0.2, 0.25) is 0 Å². The third kappa shape index (κ3) is 5.89. The zero-order valence-corrected chi connectivity index (χ0v) is 23.1. The molecule has 0 radical (unpaired) electrons. The summed E-state index contributed by atoms with van der Waals surface area (Å²) in [5.74, 6) is -0.499. The van der Waals surface area contributed by atoms with Crippen molar-refractivity contribution in [1.82, 2.24) is 9.97 Å². The van der Waals surface area contributed by atoms with Crippen molar-refractivity contribution in [1.29, 1.82) is 0 Å². The molecule has 0 N–H and O–H groups in total. The number of carbonyl (C=O) groups excluding carboxylic acids is 1. The minimum atomic E-state index is -3.61. The molecule has 0 bridgehead atoms. The summed E-state index contributed by atoms with van der Waals surface area (Å²) in [6.07, 6.45) is 2.75. The lowest BCUT2D eigenvalue weighted by atomic mass is 9.99. The average molecular weight is 590 g/mol. The van der Waals surface area contributed by atoms with Gasteiger partial charge in [0.2, 0.25) is 16.0 Å². The van der Waals surface area contributed by atoms with Crippen LogP contribution in [0.25, 0.3) is 17.0 Å². The first-order chi connectivity index (χ1) is 17.5. The first kappa shape index (κ1) is 26.9. The van der Waals surface area contributed by atoms with Crippen molar-refractivity contribution >= 4 is 43.6 Å². The van der Waals surface area contributed by atoms with Crippen LogP contribution in [0.5, 0.6) is 0 Å². The number of cyclic esters (lactones) is 1. The van der Waals surface area contributed by atoms with Crippen LogP contribution in [0.3, 0.4) is 0 Å². The Balaban J connectivity index is 1.67. The highest BCUT2D eigenvalue weighted by atomic mass is 79.9. The zero-order valence-electron chi connectivity index (χ0n) is 20.7. The SMILES string of the molecule is CC(C)c1nc(N(C)S(C)(=O)=O)nc(-c2ccc(F)cc2)c1COC/C=C1\OC(=O)c2cc(Br)ccc21. The highest BCUT2D eigenvalue weighted by Crippen LogP contribution is 2.33. The van der Waals surface area contributed by atoms with Gasteiger partial charge in [0, 0.05) is 28.2 Å². The molecule has 1 aliphatic heterocycles. The summed E-state index contributed by atoms with van der Waals surface area (Å²) in [4.78, 5) is 21.2. The van der Waals surface area contributed by atoms with E-state index in [2.05, 4.69) is 25.9 Å². The van der Waals surface area contributed by atoms with Gasteiger partial charge in [-0.25, -0.2) is 31.9 Å². The van der Waals surface area contributed by atoms with Gasteiger partial charge in [0.25, 0.3) is 0 Å². The molecule has 3 aromatic rings. The van der Waals surface area contributed by atoms with Gasteiger partial charge in [-0.2, -0.15) is 0 Å². The second-order valence-corrected chi connectivity index (χ2v) is 11.7. The molecule has 0 fully saturated rings. The lowest BCUT2D eigenvalue weighted by Crippen LogP contribution is -2.28. The Morgan fingerprint density at radius 1 is 1.14 bits per heavy atom. The molecule has 0 unspecified atom stereocenters. The Kier molecular flexibility index (Phi) is 7.77. The number of aromatic nitrogens is 2. The summed E-state index contributed by atoms with van der Waals surface area (Å²) in [5, 5.41) is 0. The molecule has 0 spiro atoms. The van der Waals surface area contributed by atoms with Crippen molar-refractivity contribution in [3.63, 3.8) is 0 Å². The molecule has 1 aliphatic rings. The van der Waals surface area contributed by atoms with Crippen molar-refractivity contribution in [2.24, 2.45) is 0 Å². The van der Waals surface area contributed by atoms with Gasteiger partial charge < -0.3 is 9.47 Å². The Hall–Kier alpha value is -3.15. The van der Waals surface area contributed by atoms with E-state index in [4.69, 9.17) is 9.47 Å². The van der Waals surface area contributed by atoms with Crippen LogP contribution in [-0.2, 0) is 26.1 Å². The lowest BCUT2D eigenvalue weighted by Gasteiger charge is -2.21. The lowest BCUT2D eigenvalue weighted by molar-refractivity contribution is 0.0713. The maximum Gasteiger partial charge on any atom is 0.344 e. The number of hydrogen-bond donors (Lipinski definition) is 0. The number of ether oxygens (including phenoxy) is 2. The van der Waals surface area contributed by atoms with Crippen LogP contribution in [0.15, 0.2) is 53.0 Å². The molecule has 1 aromatic heterocycles. The number of nitrogens with zero attached hydrogens (tertiary/aromatic N) is 3. The zero-order chi connectivity index (χ0) is 26.9. The summed E-state index contributed by atoms with van der Waals surface area (Å²) in [6.45, 7) is 4.08. The third-order valence-electron chi connectivity index (χ3n) is 5.77. The molecule has 2 aromatic carbocycles. The van der Waals surface area contributed by atoms with Crippen LogP contribution >= 0.6 is 15.9 Å². The predicted molar refractivity (Wildman–Crippen MR) is 142 cm³/mol. The standard InChI is InChI=1S/C26H25BrFN3O5S/c1-15(2)23-21(14-35-12-11-22-19-10-7-17(27)13-20(19)25(32)36-22)24(16-5-8-18(28)9-6-16)30-26(29-23)31(3)37(4,33)34/h5-11,13,15H,12,14H2,1-4H3/b22-11-. The van der Waals surface area contributed by atoms with Crippen LogP contribution in [-0.4, -0.2) is 44.3 Å².